The number of hydrogen-bond donors (Lipinski definition) is 2. The lowest BCUT2D eigenvalue weighted by molar-refractivity contribution is -0.137. The van der Waals surface area contributed by atoms with E-state index in [1.807, 2.05) is 6.92 Å². The number of alkyl halides is 3. The first-order valence-corrected chi connectivity index (χ1v) is 10.2. The van der Waals surface area contributed by atoms with Crippen molar-refractivity contribution < 1.29 is 26.4 Å². The van der Waals surface area contributed by atoms with E-state index in [2.05, 4.69) is 10.0 Å². The van der Waals surface area contributed by atoms with Crippen LogP contribution in [0.4, 0.5) is 24.5 Å². The van der Waals surface area contributed by atoms with Crippen molar-refractivity contribution in [3.63, 3.8) is 0 Å². The number of amides is 1. The average Bonchev–Trinajstić information content (AvgIpc) is 2.69. The molecule has 0 bridgehead atoms. The fraction of sp³-hybridized carbons (Fsp3) is 0.235. The van der Waals surface area contributed by atoms with Crippen molar-refractivity contribution in [3.8, 4) is 0 Å². The standard InChI is InChI=1S/C17H15F3N2O3S2/c1-10-7-16(23)21-14-9-13(5-6-15(14)26-10)27(24,25)22-12-4-2-3-11(8-12)17(18,19)20/h2-6,8-10,22H,7H2,1H3,(H,21,23)/t10-/m1/s1. The third-order valence-corrected chi connectivity index (χ3v) is 6.34. The number of fused-ring (bicyclic) bond motifs is 1. The van der Waals surface area contributed by atoms with Crippen LogP contribution in [0.25, 0.3) is 0 Å². The Labute approximate surface area is 158 Å². The van der Waals surface area contributed by atoms with E-state index < -0.39 is 21.8 Å². The summed E-state index contributed by atoms with van der Waals surface area (Å²) in [5, 5.41) is 2.70. The van der Waals surface area contributed by atoms with E-state index in [-0.39, 0.29) is 21.7 Å². The summed E-state index contributed by atoms with van der Waals surface area (Å²) in [7, 11) is -4.13. The summed E-state index contributed by atoms with van der Waals surface area (Å²) in [6.45, 7) is 1.89. The van der Waals surface area contributed by atoms with Crippen LogP contribution in [0.2, 0.25) is 0 Å². The van der Waals surface area contributed by atoms with Gasteiger partial charge in [-0.05, 0) is 36.4 Å². The lowest BCUT2D eigenvalue weighted by Crippen LogP contribution is -2.15. The summed E-state index contributed by atoms with van der Waals surface area (Å²) in [5.41, 5.74) is -0.796. The Morgan fingerprint density at radius 1 is 1.19 bits per heavy atom. The first-order valence-electron chi connectivity index (χ1n) is 7.85. The second kappa shape index (κ2) is 7.08. The highest BCUT2D eigenvalue weighted by Crippen LogP contribution is 2.37. The monoisotopic (exact) mass is 416 g/mol. The molecule has 0 aliphatic carbocycles. The molecule has 5 nitrogen and oxygen atoms in total. The van der Waals surface area contributed by atoms with Gasteiger partial charge >= 0.3 is 6.18 Å². The maximum atomic E-state index is 12.8. The number of carbonyl (C=O) groups is 1. The molecule has 0 saturated heterocycles. The van der Waals surface area contributed by atoms with E-state index in [1.54, 1.807) is 6.07 Å². The summed E-state index contributed by atoms with van der Waals surface area (Å²) in [4.78, 5) is 12.4. The Bertz CT molecular complexity index is 991. The molecule has 0 fully saturated rings. The Morgan fingerprint density at radius 2 is 1.93 bits per heavy atom. The van der Waals surface area contributed by atoms with Crippen LogP contribution < -0.4 is 10.0 Å². The molecule has 2 aromatic carbocycles. The zero-order valence-corrected chi connectivity index (χ0v) is 15.6. The van der Waals surface area contributed by atoms with Crippen LogP contribution in [0, 0.1) is 0 Å². The van der Waals surface area contributed by atoms with Gasteiger partial charge in [0.25, 0.3) is 10.0 Å². The van der Waals surface area contributed by atoms with Crippen LogP contribution in [0.3, 0.4) is 0 Å². The number of carbonyl (C=O) groups excluding carboxylic acids is 1. The molecule has 1 aliphatic rings. The Morgan fingerprint density at radius 3 is 2.63 bits per heavy atom. The van der Waals surface area contributed by atoms with E-state index >= 15 is 0 Å². The number of hydrogen-bond acceptors (Lipinski definition) is 4. The van der Waals surface area contributed by atoms with Crippen LogP contribution in [-0.4, -0.2) is 19.6 Å². The predicted octanol–water partition coefficient (Wildman–Crippen LogP) is 4.33. The molecule has 27 heavy (non-hydrogen) atoms. The number of anilines is 2. The SMILES string of the molecule is C[C@@H]1CC(=O)Nc2cc(S(=O)(=O)Nc3cccc(C(F)(F)F)c3)ccc2S1. The van der Waals surface area contributed by atoms with Gasteiger partial charge in [-0.3, -0.25) is 9.52 Å². The fourth-order valence-corrected chi connectivity index (χ4v) is 4.70. The number of sulfonamides is 1. The summed E-state index contributed by atoms with van der Waals surface area (Å²) >= 11 is 1.44. The summed E-state index contributed by atoms with van der Waals surface area (Å²) in [6, 6.07) is 8.16. The Kier molecular flexibility index (Phi) is 5.13. The van der Waals surface area contributed by atoms with Gasteiger partial charge in [0.15, 0.2) is 0 Å². The Hall–Kier alpha value is -2.20. The number of thioether (sulfide) groups is 1. The molecule has 0 saturated carbocycles. The van der Waals surface area contributed by atoms with Crippen LogP contribution in [-0.2, 0) is 21.0 Å². The van der Waals surface area contributed by atoms with Crippen LogP contribution >= 0.6 is 11.8 Å². The van der Waals surface area contributed by atoms with Crippen molar-refractivity contribution in [2.75, 3.05) is 10.0 Å². The minimum atomic E-state index is -4.58. The molecule has 0 radical (unpaired) electrons. The van der Waals surface area contributed by atoms with Crippen LogP contribution in [0.5, 0.6) is 0 Å². The highest BCUT2D eigenvalue weighted by Gasteiger charge is 2.31. The van der Waals surface area contributed by atoms with Crippen LogP contribution in [0.1, 0.15) is 18.9 Å². The molecular formula is C17H15F3N2O3S2. The van der Waals surface area contributed by atoms with Gasteiger partial charge in [0, 0.05) is 22.3 Å². The van der Waals surface area contributed by atoms with Crippen molar-refractivity contribution in [1.82, 2.24) is 0 Å². The molecule has 0 spiro atoms. The molecule has 1 heterocycles. The van der Waals surface area contributed by atoms with E-state index in [1.165, 1.54) is 30.0 Å². The molecule has 3 rings (SSSR count). The van der Waals surface area contributed by atoms with Gasteiger partial charge in [-0.1, -0.05) is 13.0 Å². The summed E-state index contributed by atoms with van der Waals surface area (Å²) in [5.74, 6) is -0.228. The summed E-state index contributed by atoms with van der Waals surface area (Å²) in [6.07, 6.45) is -4.28. The highest BCUT2D eigenvalue weighted by molar-refractivity contribution is 8.00. The number of nitrogens with one attached hydrogen (secondary N) is 2. The first-order chi connectivity index (χ1) is 12.5. The van der Waals surface area contributed by atoms with E-state index in [9.17, 15) is 26.4 Å². The van der Waals surface area contributed by atoms with Crippen molar-refractivity contribution in [3.05, 3.63) is 48.0 Å². The third kappa shape index (κ3) is 4.56. The quantitative estimate of drug-likeness (QED) is 0.781. The molecule has 2 N–H and O–H groups in total. The van der Waals surface area contributed by atoms with E-state index in [0.29, 0.717) is 12.1 Å². The molecule has 2 aromatic rings. The van der Waals surface area contributed by atoms with Crippen molar-refractivity contribution in [2.24, 2.45) is 0 Å². The van der Waals surface area contributed by atoms with Gasteiger partial charge in [0.1, 0.15) is 0 Å². The van der Waals surface area contributed by atoms with Gasteiger partial charge in [-0.2, -0.15) is 13.2 Å². The first kappa shape index (κ1) is 19.6. The molecule has 0 aromatic heterocycles. The maximum absolute atomic E-state index is 12.8. The smallest absolute Gasteiger partial charge is 0.325 e. The van der Waals surface area contributed by atoms with Crippen LogP contribution in [0.15, 0.2) is 52.3 Å². The van der Waals surface area contributed by atoms with Crippen molar-refractivity contribution in [1.29, 1.82) is 0 Å². The second-order valence-electron chi connectivity index (χ2n) is 6.02. The van der Waals surface area contributed by atoms with Gasteiger partial charge in [-0.15, -0.1) is 11.8 Å². The molecule has 10 heteroatoms. The fourth-order valence-electron chi connectivity index (χ4n) is 2.57. The van der Waals surface area contributed by atoms with E-state index in [4.69, 9.17) is 0 Å². The molecule has 1 aliphatic heterocycles. The minimum absolute atomic E-state index is 0.0388. The number of benzene rings is 2. The average molecular weight is 416 g/mol. The largest absolute Gasteiger partial charge is 0.416 e. The molecule has 1 amide bonds. The number of rotatable bonds is 3. The highest BCUT2D eigenvalue weighted by atomic mass is 32.2. The van der Waals surface area contributed by atoms with Gasteiger partial charge in [0.2, 0.25) is 5.91 Å². The van der Waals surface area contributed by atoms with Crippen molar-refractivity contribution >= 4 is 39.1 Å². The minimum Gasteiger partial charge on any atom is -0.325 e. The predicted molar refractivity (Wildman–Crippen MR) is 97.3 cm³/mol. The third-order valence-electron chi connectivity index (χ3n) is 3.78. The molecule has 1 atom stereocenters. The zero-order chi connectivity index (χ0) is 19.8. The van der Waals surface area contributed by atoms with Crippen molar-refractivity contribution in [2.45, 2.75) is 34.6 Å². The molecule has 144 valence electrons. The topological polar surface area (TPSA) is 75.3 Å². The Balaban J connectivity index is 1.91. The lowest BCUT2D eigenvalue weighted by Gasteiger charge is -2.13. The second-order valence-corrected chi connectivity index (χ2v) is 9.19. The molecular weight excluding hydrogens is 401 g/mol. The molecule has 0 unspecified atom stereocenters. The zero-order valence-electron chi connectivity index (χ0n) is 14.0. The van der Waals surface area contributed by atoms with Gasteiger partial charge < -0.3 is 5.32 Å². The summed E-state index contributed by atoms with van der Waals surface area (Å²) < 4.78 is 65.7. The maximum Gasteiger partial charge on any atom is 0.416 e. The lowest BCUT2D eigenvalue weighted by atomic mass is 10.2. The van der Waals surface area contributed by atoms with Gasteiger partial charge in [-0.25, -0.2) is 8.42 Å². The van der Waals surface area contributed by atoms with E-state index in [0.717, 1.165) is 23.1 Å². The van der Waals surface area contributed by atoms with Gasteiger partial charge in [0.05, 0.1) is 16.1 Å². The number of halogens is 3. The normalized spacial score (nSPS) is 17.6.